The van der Waals surface area contributed by atoms with Gasteiger partial charge >= 0.3 is 7.12 Å². The molecule has 0 aliphatic carbocycles. The number of anilines is 2. The van der Waals surface area contributed by atoms with Crippen LogP contribution in [-0.2, 0) is 16.4 Å². The first-order valence-electron chi connectivity index (χ1n) is 8.84. The topological polar surface area (TPSA) is 39.5 Å². The molecule has 26 heavy (non-hydrogen) atoms. The van der Waals surface area contributed by atoms with Crippen LogP contribution in [0.1, 0.15) is 39.1 Å². The number of hydrogen-bond acceptors (Lipinski definition) is 4. The zero-order valence-electron chi connectivity index (χ0n) is 16.8. The van der Waals surface area contributed by atoms with Crippen LogP contribution in [0, 0.1) is 19.7 Å². The molecule has 0 spiro atoms. The van der Waals surface area contributed by atoms with Crippen LogP contribution in [0.15, 0.2) is 18.2 Å². The van der Waals surface area contributed by atoms with Gasteiger partial charge in [0.2, 0.25) is 0 Å². The number of rotatable bonds is 3. The van der Waals surface area contributed by atoms with E-state index in [-0.39, 0.29) is 5.82 Å². The van der Waals surface area contributed by atoms with Crippen molar-refractivity contribution in [1.29, 1.82) is 0 Å². The maximum Gasteiger partial charge on any atom is 0.497 e. The number of aryl methyl sites for hydroxylation is 2. The van der Waals surface area contributed by atoms with Crippen molar-refractivity contribution in [2.24, 2.45) is 7.05 Å². The van der Waals surface area contributed by atoms with Crippen LogP contribution < -0.4 is 10.4 Å². The van der Waals surface area contributed by atoms with Crippen LogP contribution in [0.25, 0.3) is 0 Å². The van der Waals surface area contributed by atoms with Crippen LogP contribution >= 0.6 is 0 Å². The van der Waals surface area contributed by atoms with Gasteiger partial charge < -0.3 is 14.2 Å². The third kappa shape index (κ3) is 2.83. The van der Waals surface area contributed by atoms with Crippen LogP contribution in [0.4, 0.5) is 15.8 Å². The van der Waals surface area contributed by atoms with Crippen molar-refractivity contribution in [2.45, 2.75) is 52.7 Å². The van der Waals surface area contributed by atoms with Gasteiger partial charge in [-0.15, -0.1) is 0 Å². The number of hydrogen-bond donors (Lipinski definition) is 0. The lowest BCUT2D eigenvalue weighted by atomic mass is 9.78. The van der Waals surface area contributed by atoms with E-state index in [0.29, 0.717) is 11.2 Å². The molecular formula is C19H27BFN3O2. The highest BCUT2D eigenvalue weighted by Gasteiger charge is 2.52. The average Bonchev–Trinajstić information content (AvgIpc) is 2.90. The molecule has 0 atom stereocenters. The molecule has 7 heteroatoms. The van der Waals surface area contributed by atoms with Crippen LogP contribution in [0.3, 0.4) is 0 Å². The lowest BCUT2D eigenvalue weighted by Gasteiger charge is -2.32. The van der Waals surface area contributed by atoms with Crippen molar-refractivity contribution in [3.63, 3.8) is 0 Å². The Morgan fingerprint density at radius 3 is 2.19 bits per heavy atom. The molecule has 0 unspecified atom stereocenters. The normalized spacial score (nSPS) is 18.4. The van der Waals surface area contributed by atoms with Gasteiger partial charge in [0, 0.05) is 19.6 Å². The molecule has 140 valence electrons. The number of halogens is 1. The molecule has 2 aromatic rings. The SMILES string of the molecule is Cc1nn(C)c(C)c1N(C)c1cccc(B2OC(C)(C)C(C)(C)O2)c1F. The van der Waals surface area contributed by atoms with Crippen molar-refractivity contribution in [3.8, 4) is 0 Å². The molecule has 0 bridgehead atoms. The number of nitrogens with zero attached hydrogens (tertiary/aromatic N) is 3. The highest BCUT2D eigenvalue weighted by Crippen LogP contribution is 2.37. The van der Waals surface area contributed by atoms with Crippen LogP contribution in [0.2, 0.25) is 0 Å². The molecule has 0 N–H and O–H groups in total. The Hall–Kier alpha value is -1.86. The third-order valence-corrected chi connectivity index (χ3v) is 5.68. The molecule has 0 amide bonds. The summed E-state index contributed by atoms with van der Waals surface area (Å²) in [5.74, 6) is -0.337. The minimum atomic E-state index is -0.732. The summed E-state index contributed by atoms with van der Waals surface area (Å²) in [7, 11) is 3.00. The molecule has 2 heterocycles. The predicted octanol–water partition coefficient (Wildman–Crippen LogP) is 3.24. The van der Waals surface area contributed by atoms with E-state index in [9.17, 15) is 0 Å². The van der Waals surface area contributed by atoms with Gasteiger partial charge in [-0.25, -0.2) is 4.39 Å². The van der Waals surface area contributed by atoms with E-state index < -0.39 is 18.3 Å². The quantitative estimate of drug-likeness (QED) is 0.789. The summed E-state index contributed by atoms with van der Waals surface area (Å²) in [6, 6.07) is 5.31. The first-order chi connectivity index (χ1) is 12.0. The summed E-state index contributed by atoms with van der Waals surface area (Å²) in [4.78, 5) is 1.84. The molecule has 1 fully saturated rings. The third-order valence-electron chi connectivity index (χ3n) is 5.68. The first kappa shape index (κ1) is 18.9. The van der Waals surface area contributed by atoms with Gasteiger partial charge in [0.25, 0.3) is 0 Å². The Balaban J connectivity index is 2.01. The maximum absolute atomic E-state index is 15.4. The van der Waals surface area contributed by atoms with Gasteiger partial charge in [-0.3, -0.25) is 4.68 Å². The summed E-state index contributed by atoms with van der Waals surface area (Å²) in [6.07, 6.45) is 0. The van der Waals surface area contributed by atoms with Gasteiger partial charge in [0.15, 0.2) is 0 Å². The summed E-state index contributed by atoms with van der Waals surface area (Å²) in [6.45, 7) is 11.7. The molecule has 5 nitrogen and oxygen atoms in total. The Morgan fingerprint density at radius 1 is 1.12 bits per heavy atom. The van der Waals surface area contributed by atoms with E-state index in [4.69, 9.17) is 9.31 Å². The van der Waals surface area contributed by atoms with Crippen molar-refractivity contribution < 1.29 is 13.7 Å². The van der Waals surface area contributed by atoms with Gasteiger partial charge in [0.05, 0.1) is 34.0 Å². The summed E-state index contributed by atoms with van der Waals surface area (Å²) >= 11 is 0. The Labute approximate surface area is 155 Å². The molecular weight excluding hydrogens is 332 g/mol. The molecule has 0 saturated carbocycles. The maximum atomic E-state index is 15.4. The molecule has 1 aliphatic heterocycles. The second-order valence-electron chi connectivity index (χ2n) is 7.97. The first-order valence-corrected chi connectivity index (χ1v) is 8.84. The lowest BCUT2D eigenvalue weighted by Crippen LogP contribution is -2.41. The Morgan fingerprint density at radius 2 is 1.69 bits per heavy atom. The Kier molecular flexibility index (Phi) is 4.44. The second-order valence-corrected chi connectivity index (χ2v) is 7.97. The second kappa shape index (κ2) is 6.10. The standard InChI is InChI=1S/C19H27BFN3O2/c1-12-17(13(2)24(8)22-12)23(7)15-11-9-10-14(16(15)21)20-25-18(3,4)19(5,6)26-20/h9-11H,1-8H3. The molecule has 0 radical (unpaired) electrons. The van der Waals surface area contributed by atoms with E-state index in [1.165, 1.54) is 0 Å². The minimum absolute atomic E-state index is 0.337. The highest BCUT2D eigenvalue weighted by molar-refractivity contribution is 6.62. The molecule has 1 aliphatic rings. The fourth-order valence-electron chi connectivity index (χ4n) is 3.32. The van der Waals surface area contributed by atoms with E-state index in [0.717, 1.165) is 17.1 Å². The summed E-state index contributed by atoms with van der Waals surface area (Å²) in [5, 5.41) is 4.43. The minimum Gasteiger partial charge on any atom is -0.399 e. The van der Waals surface area contributed by atoms with Gasteiger partial charge in [-0.1, -0.05) is 12.1 Å². The van der Waals surface area contributed by atoms with Crippen LogP contribution in [-0.4, -0.2) is 35.1 Å². The van der Waals surface area contributed by atoms with E-state index in [1.54, 1.807) is 16.8 Å². The predicted molar refractivity (Wildman–Crippen MR) is 103 cm³/mol. The Bertz CT molecular complexity index is 832. The van der Waals surface area contributed by atoms with E-state index >= 15 is 4.39 Å². The van der Waals surface area contributed by atoms with E-state index in [2.05, 4.69) is 5.10 Å². The van der Waals surface area contributed by atoms with Crippen molar-refractivity contribution in [2.75, 3.05) is 11.9 Å². The summed E-state index contributed by atoms with van der Waals surface area (Å²) in [5.41, 5.74) is 2.59. The highest BCUT2D eigenvalue weighted by atomic mass is 19.1. The fourth-order valence-corrected chi connectivity index (χ4v) is 3.32. The van der Waals surface area contributed by atoms with Gasteiger partial charge in [-0.05, 0) is 47.6 Å². The zero-order valence-corrected chi connectivity index (χ0v) is 16.8. The van der Waals surface area contributed by atoms with Crippen LogP contribution in [0.5, 0.6) is 0 Å². The molecule has 1 aromatic heterocycles. The van der Waals surface area contributed by atoms with Gasteiger partial charge in [-0.2, -0.15) is 5.10 Å². The monoisotopic (exact) mass is 359 g/mol. The number of aromatic nitrogens is 2. The van der Waals surface area contributed by atoms with Gasteiger partial charge in [0.1, 0.15) is 5.82 Å². The molecule has 3 rings (SSSR count). The van der Waals surface area contributed by atoms with Crippen molar-refractivity contribution >= 4 is 24.0 Å². The average molecular weight is 359 g/mol. The number of benzene rings is 1. The largest absolute Gasteiger partial charge is 0.497 e. The zero-order chi connectivity index (χ0) is 19.4. The fraction of sp³-hybridized carbons (Fsp3) is 0.526. The van der Waals surface area contributed by atoms with Crippen molar-refractivity contribution in [3.05, 3.63) is 35.4 Å². The lowest BCUT2D eigenvalue weighted by molar-refractivity contribution is 0.00578. The molecule has 1 saturated heterocycles. The van der Waals surface area contributed by atoms with Crippen molar-refractivity contribution in [1.82, 2.24) is 9.78 Å². The summed E-state index contributed by atoms with van der Waals surface area (Å²) < 4.78 is 29.3. The van der Waals surface area contributed by atoms with E-state index in [1.807, 2.05) is 66.6 Å². The molecule has 1 aromatic carbocycles. The smallest absolute Gasteiger partial charge is 0.399 e.